The van der Waals surface area contributed by atoms with Crippen molar-refractivity contribution in [1.82, 2.24) is 15.2 Å². The van der Waals surface area contributed by atoms with E-state index in [-0.39, 0.29) is 0 Å². The summed E-state index contributed by atoms with van der Waals surface area (Å²) < 4.78 is 0. The van der Waals surface area contributed by atoms with Crippen molar-refractivity contribution in [2.75, 3.05) is 26.7 Å². The minimum Gasteiger partial charge on any atom is -0.388 e. The Bertz CT molecular complexity index is 336. The van der Waals surface area contributed by atoms with Crippen LogP contribution in [0.5, 0.6) is 0 Å². The highest BCUT2D eigenvalue weighted by molar-refractivity contribution is 5.03. The Labute approximate surface area is 103 Å². The molecule has 0 spiro atoms. The molecule has 2 rings (SSSR count). The van der Waals surface area contributed by atoms with Crippen molar-refractivity contribution in [3.05, 3.63) is 30.1 Å². The molecule has 1 aromatic rings. The molecule has 1 saturated heterocycles. The molecule has 4 nitrogen and oxygen atoms in total. The zero-order valence-electron chi connectivity index (χ0n) is 10.4. The van der Waals surface area contributed by atoms with E-state index in [0.29, 0.717) is 6.54 Å². The molecule has 0 unspecified atom stereocenters. The Morgan fingerprint density at radius 3 is 2.82 bits per heavy atom. The van der Waals surface area contributed by atoms with Gasteiger partial charge in [-0.15, -0.1) is 0 Å². The maximum absolute atomic E-state index is 10.4. The number of nitrogens with zero attached hydrogens (tertiary/aromatic N) is 2. The van der Waals surface area contributed by atoms with E-state index in [1.54, 1.807) is 0 Å². The van der Waals surface area contributed by atoms with Gasteiger partial charge in [0.1, 0.15) is 0 Å². The van der Waals surface area contributed by atoms with Gasteiger partial charge in [0.05, 0.1) is 11.3 Å². The second-order valence-electron chi connectivity index (χ2n) is 4.97. The van der Waals surface area contributed by atoms with Crippen LogP contribution in [0.3, 0.4) is 0 Å². The summed E-state index contributed by atoms with van der Waals surface area (Å²) in [6.45, 7) is 3.32. The second kappa shape index (κ2) is 5.58. The molecule has 0 atom stereocenters. The minimum atomic E-state index is -0.533. The first-order valence-electron chi connectivity index (χ1n) is 6.20. The molecular weight excluding hydrogens is 214 g/mol. The van der Waals surface area contributed by atoms with Crippen molar-refractivity contribution in [3.63, 3.8) is 0 Å². The van der Waals surface area contributed by atoms with E-state index in [0.717, 1.165) is 38.2 Å². The Hall–Kier alpha value is -0.970. The van der Waals surface area contributed by atoms with Crippen molar-refractivity contribution < 1.29 is 5.11 Å². The lowest BCUT2D eigenvalue weighted by Crippen LogP contribution is -2.48. The third-order valence-electron chi connectivity index (χ3n) is 3.26. The van der Waals surface area contributed by atoms with Crippen LogP contribution >= 0.6 is 0 Å². The van der Waals surface area contributed by atoms with Gasteiger partial charge in [-0.3, -0.25) is 9.88 Å². The van der Waals surface area contributed by atoms with Crippen LogP contribution in [0.2, 0.25) is 0 Å². The van der Waals surface area contributed by atoms with Crippen LogP contribution in [-0.4, -0.2) is 47.3 Å². The number of likely N-dealkylation sites (N-methyl/N-ethyl adjacent to an activating group) is 1. The lowest BCUT2D eigenvalue weighted by Gasteiger charge is -2.35. The van der Waals surface area contributed by atoms with Crippen LogP contribution < -0.4 is 5.32 Å². The molecule has 0 bridgehead atoms. The molecule has 94 valence electrons. The zero-order chi connectivity index (χ0) is 12.1. The average Bonchev–Trinajstić information content (AvgIpc) is 2.30. The Morgan fingerprint density at radius 2 is 2.18 bits per heavy atom. The topological polar surface area (TPSA) is 48.4 Å². The second-order valence-corrected chi connectivity index (χ2v) is 4.97. The van der Waals surface area contributed by atoms with Gasteiger partial charge in [0, 0.05) is 19.3 Å². The van der Waals surface area contributed by atoms with Gasteiger partial charge in [-0.1, -0.05) is 6.07 Å². The van der Waals surface area contributed by atoms with E-state index in [1.807, 2.05) is 31.4 Å². The summed E-state index contributed by atoms with van der Waals surface area (Å²) in [5.74, 6) is 0. The van der Waals surface area contributed by atoms with Gasteiger partial charge in [-0.2, -0.15) is 0 Å². The first-order valence-corrected chi connectivity index (χ1v) is 6.20. The predicted molar refractivity (Wildman–Crippen MR) is 67.6 cm³/mol. The number of aromatic nitrogens is 1. The summed E-state index contributed by atoms with van der Waals surface area (Å²) >= 11 is 0. The van der Waals surface area contributed by atoms with Crippen LogP contribution in [-0.2, 0) is 6.54 Å². The quantitative estimate of drug-likeness (QED) is 0.803. The summed E-state index contributed by atoms with van der Waals surface area (Å²) in [4.78, 5) is 6.45. The largest absolute Gasteiger partial charge is 0.388 e. The number of rotatable bonds is 4. The molecule has 2 N–H and O–H groups in total. The third kappa shape index (κ3) is 3.77. The number of hydrogen-bond acceptors (Lipinski definition) is 4. The van der Waals surface area contributed by atoms with E-state index in [4.69, 9.17) is 0 Å². The first-order chi connectivity index (χ1) is 8.18. The third-order valence-corrected chi connectivity index (χ3v) is 3.26. The van der Waals surface area contributed by atoms with Crippen molar-refractivity contribution in [2.45, 2.75) is 25.0 Å². The van der Waals surface area contributed by atoms with Gasteiger partial charge in [-0.25, -0.2) is 0 Å². The van der Waals surface area contributed by atoms with Crippen LogP contribution in [0.4, 0.5) is 0 Å². The van der Waals surface area contributed by atoms with Gasteiger partial charge in [-0.05, 0) is 45.1 Å². The van der Waals surface area contributed by atoms with Crippen molar-refractivity contribution in [1.29, 1.82) is 0 Å². The summed E-state index contributed by atoms with van der Waals surface area (Å²) in [5, 5.41) is 13.7. The Morgan fingerprint density at radius 1 is 1.41 bits per heavy atom. The molecule has 0 radical (unpaired) electrons. The Balaban J connectivity index is 1.86. The van der Waals surface area contributed by atoms with Gasteiger partial charge in [0.15, 0.2) is 0 Å². The molecule has 17 heavy (non-hydrogen) atoms. The number of pyridine rings is 1. The smallest absolute Gasteiger partial charge is 0.0798 e. The van der Waals surface area contributed by atoms with E-state index < -0.39 is 5.60 Å². The van der Waals surface area contributed by atoms with Gasteiger partial charge >= 0.3 is 0 Å². The van der Waals surface area contributed by atoms with Gasteiger partial charge < -0.3 is 10.4 Å². The number of hydrogen-bond donors (Lipinski definition) is 2. The molecule has 1 aromatic heterocycles. The lowest BCUT2D eigenvalue weighted by molar-refractivity contribution is -0.0170. The standard InChI is InChI=1S/C13H21N3O/c1-16(10-12-4-2-3-7-15-12)11-13(17)5-8-14-9-6-13/h2-4,7,14,17H,5-6,8-11H2,1H3. The minimum absolute atomic E-state index is 0.533. The van der Waals surface area contributed by atoms with Gasteiger partial charge in [0.2, 0.25) is 0 Å². The van der Waals surface area contributed by atoms with Crippen molar-refractivity contribution in [3.8, 4) is 0 Å². The summed E-state index contributed by atoms with van der Waals surface area (Å²) in [5.41, 5.74) is 0.516. The molecule has 2 heterocycles. The van der Waals surface area contributed by atoms with E-state index in [2.05, 4.69) is 15.2 Å². The van der Waals surface area contributed by atoms with Crippen LogP contribution in [0, 0.1) is 0 Å². The Kier molecular flexibility index (Phi) is 4.10. The number of nitrogens with one attached hydrogen (secondary N) is 1. The van der Waals surface area contributed by atoms with E-state index >= 15 is 0 Å². The number of piperidine rings is 1. The van der Waals surface area contributed by atoms with E-state index in [9.17, 15) is 5.11 Å². The summed E-state index contributed by atoms with van der Waals surface area (Å²) in [7, 11) is 2.04. The average molecular weight is 235 g/mol. The highest BCUT2D eigenvalue weighted by Crippen LogP contribution is 2.19. The molecule has 0 saturated carbocycles. The molecule has 0 amide bonds. The molecular formula is C13H21N3O. The fourth-order valence-corrected chi connectivity index (χ4v) is 2.38. The summed E-state index contributed by atoms with van der Waals surface area (Å²) in [6.07, 6.45) is 3.47. The van der Waals surface area contributed by atoms with Crippen molar-refractivity contribution >= 4 is 0 Å². The fraction of sp³-hybridized carbons (Fsp3) is 0.615. The maximum Gasteiger partial charge on any atom is 0.0798 e. The molecule has 1 aliphatic rings. The summed E-state index contributed by atoms with van der Waals surface area (Å²) in [6, 6.07) is 5.93. The first kappa shape index (κ1) is 12.5. The highest BCUT2D eigenvalue weighted by atomic mass is 16.3. The van der Waals surface area contributed by atoms with Crippen LogP contribution in [0.15, 0.2) is 24.4 Å². The SMILES string of the molecule is CN(Cc1ccccn1)CC1(O)CCNCC1. The maximum atomic E-state index is 10.4. The van der Waals surface area contributed by atoms with E-state index in [1.165, 1.54) is 0 Å². The molecule has 1 fully saturated rings. The molecule has 0 aliphatic carbocycles. The van der Waals surface area contributed by atoms with Crippen molar-refractivity contribution in [2.24, 2.45) is 0 Å². The monoisotopic (exact) mass is 235 g/mol. The highest BCUT2D eigenvalue weighted by Gasteiger charge is 2.30. The number of aliphatic hydroxyl groups is 1. The zero-order valence-corrected chi connectivity index (χ0v) is 10.4. The molecule has 4 heteroatoms. The molecule has 0 aromatic carbocycles. The molecule has 1 aliphatic heterocycles. The van der Waals surface area contributed by atoms with Gasteiger partial charge in [0.25, 0.3) is 0 Å². The fourth-order valence-electron chi connectivity index (χ4n) is 2.38. The normalized spacial score (nSPS) is 19.5. The van der Waals surface area contributed by atoms with Crippen LogP contribution in [0.25, 0.3) is 0 Å². The lowest BCUT2D eigenvalue weighted by atomic mass is 9.92. The predicted octanol–water partition coefficient (Wildman–Crippen LogP) is 0.628. The van der Waals surface area contributed by atoms with Crippen LogP contribution in [0.1, 0.15) is 18.5 Å².